The van der Waals surface area contributed by atoms with Crippen molar-refractivity contribution >= 4 is 0 Å². The number of hydrogen-bond donors (Lipinski definition) is 2. The van der Waals surface area contributed by atoms with Crippen LogP contribution < -0.4 is 5.32 Å². The van der Waals surface area contributed by atoms with Crippen LogP contribution in [0.5, 0.6) is 0 Å². The zero-order chi connectivity index (χ0) is 9.86. The van der Waals surface area contributed by atoms with E-state index in [-0.39, 0.29) is 5.60 Å². The molecule has 1 fully saturated rings. The second-order valence-electron chi connectivity index (χ2n) is 4.10. The zero-order valence-electron chi connectivity index (χ0n) is 8.55. The first kappa shape index (κ1) is 9.68. The van der Waals surface area contributed by atoms with Gasteiger partial charge < -0.3 is 10.1 Å². The maximum atomic E-state index is 5.91. The lowest BCUT2D eigenvalue weighted by Gasteiger charge is -2.33. The minimum Gasteiger partial charge on any atom is -0.370 e. The van der Waals surface area contributed by atoms with Crippen molar-refractivity contribution in [1.29, 1.82) is 0 Å². The Bertz CT molecular complexity index is 265. The monoisotopic (exact) mass is 195 g/mol. The van der Waals surface area contributed by atoms with Gasteiger partial charge in [0.25, 0.3) is 0 Å². The van der Waals surface area contributed by atoms with Crippen LogP contribution in [-0.4, -0.2) is 28.9 Å². The van der Waals surface area contributed by atoms with E-state index in [1.54, 1.807) is 0 Å². The summed E-state index contributed by atoms with van der Waals surface area (Å²) >= 11 is 0. The molecule has 1 aromatic rings. The predicted octanol–water partition coefficient (Wildman–Crippen LogP) is 1.07. The number of aromatic amines is 1. The van der Waals surface area contributed by atoms with E-state index in [1.165, 1.54) is 0 Å². The van der Waals surface area contributed by atoms with Gasteiger partial charge in [-0.15, -0.1) is 0 Å². The number of ether oxygens (including phenoxy) is 1. The van der Waals surface area contributed by atoms with Crippen molar-refractivity contribution in [2.75, 3.05) is 13.1 Å². The van der Waals surface area contributed by atoms with Gasteiger partial charge in [0.1, 0.15) is 0 Å². The van der Waals surface area contributed by atoms with Gasteiger partial charge in [0.15, 0.2) is 0 Å². The van der Waals surface area contributed by atoms with Crippen LogP contribution in [0.4, 0.5) is 0 Å². The smallest absolute Gasteiger partial charge is 0.0754 e. The number of nitrogens with zero attached hydrogens (tertiary/aromatic N) is 1. The van der Waals surface area contributed by atoms with E-state index < -0.39 is 0 Å². The van der Waals surface area contributed by atoms with Crippen LogP contribution in [0, 0.1) is 0 Å². The van der Waals surface area contributed by atoms with Crippen LogP contribution in [0.1, 0.15) is 25.3 Å². The SMILES string of the molecule is CC1(OCc2cn[nH]c2)CCNCC1. The van der Waals surface area contributed by atoms with Crippen molar-refractivity contribution in [1.82, 2.24) is 15.5 Å². The second kappa shape index (κ2) is 4.11. The summed E-state index contributed by atoms with van der Waals surface area (Å²) in [6.07, 6.45) is 5.87. The lowest BCUT2D eigenvalue weighted by Crippen LogP contribution is -2.41. The molecule has 1 aliphatic heterocycles. The molecule has 0 aromatic carbocycles. The molecule has 4 nitrogen and oxygen atoms in total. The normalized spacial score (nSPS) is 20.9. The highest BCUT2D eigenvalue weighted by Gasteiger charge is 2.27. The molecule has 0 radical (unpaired) electrons. The average Bonchev–Trinajstić information content (AvgIpc) is 2.69. The predicted molar refractivity (Wildman–Crippen MR) is 53.9 cm³/mol. The standard InChI is InChI=1S/C10H17N3O/c1-10(2-4-11-5-3-10)14-8-9-6-12-13-7-9/h6-7,11H,2-5,8H2,1H3,(H,12,13). The molecule has 0 spiro atoms. The van der Waals surface area contributed by atoms with Gasteiger partial charge in [0.2, 0.25) is 0 Å². The molecule has 2 N–H and O–H groups in total. The molecule has 0 amide bonds. The molecule has 0 saturated carbocycles. The van der Waals surface area contributed by atoms with E-state index in [0.717, 1.165) is 31.5 Å². The maximum Gasteiger partial charge on any atom is 0.0754 e. The van der Waals surface area contributed by atoms with Gasteiger partial charge in [-0.2, -0.15) is 5.10 Å². The third kappa shape index (κ3) is 2.33. The molecular formula is C10H17N3O. The molecular weight excluding hydrogens is 178 g/mol. The van der Waals surface area contributed by atoms with Crippen molar-refractivity contribution in [3.8, 4) is 0 Å². The van der Waals surface area contributed by atoms with E-state index in [9.17, 15) is 0 Å². The van der Waals surface area contributed by atoms with E-state index in [4.69, 9.17) is 4.74 Å². The van der Waals surface area contributed by atoms with Crippen LogP contribution in [0.3, 0.4) is 0 Å². The molecule has 2 heterocycles. The number of piperidine rings is 1. The van der Waals surface area contributed by atoms with Crippen molar-refractivity contribution in [3.05, 3.63) is 18.0 Å². The Labute approximate surface area is 84.0 Å². The van der Waals surface area contributed by atoms with Crippen molar-refractivity contribution in [2.45, 2.75) is 32.0 Å². The highest BCUT2D eigenvalue weighted by atomic mass is 16.5. The quantitative estimate of drug-likeness (QED) is 0.758. The summed E-state index contributed by atoms with van der Waals surface area (Å²) < 4.78 is 5.91. The molecule has 0 bridgehead atoms. The van der Waals surface area contributed by atoms with Crippen LogP contribution in [-0.2, 0) is 11.3 Å². The van der Waals surface area contributed by atoms with E-state index >= 15 is 0 Å². The molecule has 4 heteroatoms. The molecule has 2 rings (SSSR count). The molecule has 0 atom stereocenters. The third-order valence-corrected chi connectivity index (χ3v) is 2.80. The van der Waals surface area contributed by atoms with Gasteiger partial charge >= 0.3 is 0 Å². The van der Waals surface area contributed by atoms with Crippen molar-refractivity contribution in [2.24, 2.45) is 0 Å². The Morgan fingerprint density at radius 1 is 1.50 bits per heavy atom. The minimum atomic E-state index is 0.0442. The molecule has 1 aliphatic rings. The van der Waals surface area contributed by atoms with Crippen molar-refractivity contribution in [3.63, 3.8) is 0 Å². The first-order valence-corrected chi connectivity index (χ1v) is 5.11. The summed E-state index contributed by atoms with van der Waals surface area (Å²) in [5.41, 5.74) is 1.16. The van der Waals surface area contributed by atoms with Gasteiger partial charge in [-0.25, -0.2) is 0 Å². The number of rotatable bonds is 3. The van der Waals surface area contributed by atoms with Gasteiger partial charge in [-0.3, -0.25) is 5.10 Å². The Morgan fingerprint density at radius 3 is 2.93 bits per heavy atom. The summed E-state index contributed by atoms with van der Waals surface area (Å²) in [5, 5.41) is 10.0. The third-order valence-electron chi connectivity index (χ3n) is 2.80. The fourth-order valence-electron chi connectivity index (χ4n) is 1.71. The Morgan fingerprint density at radius 2 is 2.29 bits per heavy atom. The van der Waals surface area contributed by atoms with Gasteiger partial charge in [0, 0.05) is 11.8 Å². The number of hydrogen-bond acceptors (Lipinski definition) is 3. The first-order valence-electron chi connectivity index (χ1n) is 5.11. The van der Waals surface area contributed by atoms with Crippen LogP contribution in [0.2, 0.25) is 0 Å². The van der Waals surface area contributed by atoms with Crippen LogP contribution >= 0.6 is 0 Å². The van der Waals surface area contributed by atoms with E-state index in [1.807, 2.05) is 12.4 Å². The molecule has 0 unspecified atom stereocenters. The number of nitrogens with one attached hydrogen (secondary N) is 2. The number of aromatic nitrogens is 2. The molecule has 14 heavy (non-hydrogen) atoms. The van der Waals surface area contributed by atoms with Crippen LogP contribution in [0.15, 0.2) is 12.4 Å². The highest BCUT2D eigenvalue weighted by molar-refractivity contribution is 5.00. The molecule has 0 aliphatic carbocycles. The Hall–Kier alpha value is -0.870. The maximum absolute atomic E-state index is 5.91. The average molecular weight is 195 g/mol. The lowest BCUT2D eigenvalue weighted by molar-refractivity contribution is -0.0621. The Kier molecular flexibility index (Phi) is 2.84. The second-order valence-corrected chi connectivity index (χ2v) is 4.10. The molecule has 1 aromatic heterocycles. The highest BCUT2D eigenvalue weighted by Crippen LogP contribution is 2.23. The minimum absolute atomic E-state index is 0.0442. The largest absolute Gasteiger partial charge is 0.370 e. The van der Waals surface area contributed by atoms with Gasteiger partial charge in [0.05, 0.1) is 18.4 Å². The summed E-state index contributed by atoms with van der Waals surface area (Å²) in [6.45, 7) is 4.96. The Balaban J connectivity index is 1.84. The topological polar surface area (TPSA) is 49.9 Å². The summed E-state index contributed by atoms with van der Waals surface area (Å²) in [6, 6.07) is 0. The van der Waals surface area contributed by atoms with E-state index in [2.05, 4.69) is 22.4 Å². The van der Waals surface area contributed by atoms with Crippen molar-refractivity contribution < 1.29 is 4.74 Å². The van der Waals surface area contributed by atoms with Crippen LogP contribution in [0.25, 0.3) is 0 Å². The zero-order valence-corrected chi connectivity index (χ0v) is 8.55. The fraction of sp³-hybridized carbons (Fsp3) is 0.700. The lowest BCUT2D eigenvalue weighted by atomic mass is 9.94. The first-order chi connectivity index (χ1) is 6.79. The van der Waals surface area contributed by atoms with Gasteiger partial charge in [-0.05, 0) is 32.9 Å². The van der Waals surface area contributed by atoms with E-state index in [0.29, 0.717) is 6.61 Å². The fourth-order valence-corrected chi connectivity index (χ4v) is 1.71. The van der Waals surface area contributed by atoms with Gasteiger partial charge in [-0.1, -0.05) is 0 Å². The summed E-state index contributed by atoms with van der Waals surface area (Å²) in [4.78, 5) is 0. The molecule has 78 valence electrons. The summed E-state index contributed by atoms with van der Waals surface area (Å²) in [5.74, 6) is 0. The summed E-state index contributed by atoms with van der Waals surface area (Å²) in [7, 11) is 0. The molecule has 1 saturated heterocycles. The number of H-pyrrole nitrogens is 1.